The van der Waals surface area contributed by atoms with Crippen molar-refractivity contribution in [2.75, 3.05) is 6.54 Å². The second-order valence-electron chi connectivity index (χ2n) is 9.16. The summed E-state index contributed by atoms with van der Waals surface area (Å²) in [5.41, 5.74) is 2.31. The van der Waals surface area contributed by atoms with E-state index in [1.807, 2.05) is 31.7 Å². The molecule has 2 aliphatic carbocycles. The highest BCUT2D eigenvalue weighted by atomic mass is 127. The van der Waals surface area contributed by atoms with Gasteiger partial charge in [0.2, 0.25) is 0 Å². The smallest absolute Gasteiger partial charge is 0.410 e. The third-order valence-corrected chi connectivity index (χ3v) is 7.39. The number of fused-ring (bicyclic) bond motifs is 1. The first kappa shape index (κ1) is 18.4. The number of phenolic OH excluding ortho intramolecular Hbond substituents is 1. The van der Waals surface area contributed by atoms with Gasteiger partial charge in [0.15, 0.2) is 0 Å². The van der Waals surface area contributed by atoms with Crippen molar-refractivity contribution in [3.8, 4) is 5.75 Å². The Morgan fingerprint density at radius 1 is 1.31 bits per heavy atom. The summed E-state index contributed by atoms with van der Waals surface area (Å²) in [5.74, 6) is 0.876. The summed E-state index contributed by atoms with van der Waals surface area (Å²) in [6, 6.07) is 4.37. The number of halogens is 1. The van der Waals surface area contributed by atoms with Crippen molar-refractivity contribution in [2.45, 2.75) is 76.4 Å². The average molecular weight is 469 g/mol. The number of carbonyl (C=O) groups is 1. The Bertz CT molecular complexity index is 742. The highest BCUT2D eigenvalue weighted by molar-refractivity contribution is 14.1. The summed E-state index contributed by atoms with van der Waals surface area (Å²) >= 11 is 2.20. The SMILES string of the molecule is CC(C)(C)OC(=O)N1CC[C@@]23CCCC[C@@H]2[C@@H]1Cc1cc(I)c(O)cc13. The summed E-state index contributed by atoms with van der Waals surface area (Å²) in [6.45, 7) is 6.55. The van der Waals surface area contributed by atoms with Crippen molar-refractivity contribution in [2.24, 2.45) is 5.92 Å². The van der Waals surface area contributed by atoms with Crippen LogP contribution in [0.1, 0.15) is 64.0 Å². The molecule has 0 unspecified atom stereocenters. The molecule has 3 aliphatic rings. The van der Waals surface area contributed by atoms with E-state index in [0.29, 0.717) is 11.7 Å². The quantitative estimate of drug-likeness (QED) is 0.545. The zero-order chi connectivity index (χ0) is 18.7. The molecular formula is C21H28INO3. The lowest BCUT2D eigenvalue weighted by Crippen LogP contribution is -2.62. The Morgan fingerprint density at radius 3 is 2.81 bits per heavy atom. The van der Waals surface area contributed by atoms with Crippen LogP contribution in [0.3, 0.4) is 0 Å². The fraction of sp³-hybridized carbons (Fsp3) is 0.667. The Balaban J connectivity index is 1.75. The lowest BCUT2D eigenvalue weighted by Gasteiger charge is -2.58. The van der Waals surface area contributed by atoms with Crippen LogP contribution >= 0.6 is 22.6 Å². The van der Waals surface area contributed by atoms with Crippen molar-refractivity contribution in [1.82, 2.24) is 4.90 Å². The van der Waals surface area contributed by atoms with Crippen molar-refractivity contribution in [3.63, 3.8) is 0 Å². The fourth-order valence-electron chi connectivity index (χ4n) is 5.57. The number of ether oxygens (including phenoxy) is 1. The van der Waals surface area contributed by atoms with Gasteiger partial charge < -0.3 is 14.7 Å². The van der Waals surface area contributed by atoms with Crippen molar-refractivity contribution in [3.05, 3.63) is 26.8 Å². The molecule has 1 aromatic rings. The highest BCUT2D eigenvalue weighted by Gasteiger charge is 2.55. The van der Waals surface area contributed by atoms with Crippen LogP contribution in [0.25, 0.3) is 0 Å². The number of carbonyl (C=O) groups excluding carboxylic acids is 1. The molecule has 1 amide bonds. The number of nitrogens with zero attached hydrogens (tertiary/aromatic N) is 1. The lowest BCUT2D eigenvalue weighted by molar-refractivity contribution is -0.0349. The monoisotopic (exact) mass is 469 g/mol. The number of phenols is 1. The Kier molecular flexibility index (Phi) is 4.44. The molecule has 3 atom stereocenters. The summed E-state index contributed by atoms with van der Waals surface area (Å²) in [6.07, 6.45) is 6.48. The van der Waals surface area contributed by atoms with Gasteiger partial charge in [-0.15, -0.1) is 0 Å². The van der Waals surface area contributed by atoms with Crippen LogP contribution in [0.5, 0.6) is 5.75 Å². The van der Waals surface area contributed by atoms with Crippen LogP contribution in [-0.4, -0.2) is 34.3 Å². The Morgan fingerprint density at radius 2 is 2.08 bits per heavy atom. The first-order valence-electron chi connectivity index (χ1n) is 9.73. The molecule has 5 heteroatoms. The van der Waals surface area contributed by atoms with Gasteiger partial charge in [0.1, 0.15) is 11.4 Å². The zero-order valence-corrected chi connectivity index (χ0v) is 18.0. The Hall–Kier alpha value is -0.980. The maximum absolute atomic E-state index is 12.9. The van der Waals surface area contributed by atoms with Crippen molar-refractivity contribution in [1.29, 1.82) is 0 Å². The average Bonchev–Trinajstić information content (AvgIpc) is 2.55. The van der Waals surface area contributed by atoms with Gasteiger partial charge in [-0.05, 0) is 98.2 Å². The van der Waals surface area contributed by atoms with Gasteiger partial charge >= 0.3 is 6.09 Å². The maximum atomic E-state index is 12.9. The van der Waals surface area contributed by atoms with Gasteiger partial charge in [-0.2, -0.15) is 0 Å². The predicted octanol–water partition coefficient (Wildman–Crippen LogP) is 4.99. The van der Waals surface area contributed by atoms with Crippen LogP contribution in [0.2, 0.25) is 0 Å². The van der Waals surface area contributed by atoms with Gasteiger partial charge in [0.05, 0.1) is 3.57 Å². The molecule has 4 rings (SSSR count). The zero-order valence-electron chi connectivity index (χ0n) is 15.8. The van der Waals surface area contributed by atoms with E-state index in [1.54, 1.807) is 0 Å². The molecule has 4 nitrogen and oxygen atoms in total. The molecule has 2 bridgehead atoms. The number of amides is 1. The van der Waals surface area contributed by atoms with Gasteiger partial charge in [0.25, 0.3) is 0 Å². The van der Waals surface area contributed by atoms with E-state index in [4.69, 9.17) is 4.74 Å². The molecule has 0 aromatic heterocycles. The van der Waals surface area contributed by atoms with Crippen LogP contribution < -0.4 is 0 Å². The number of piperidine rings is 1. The minimum absolute atomic E-state index is 0.122. The molecule has 1 aromatic carbocycles. The molecular weight excluding hydrogens is 441 g/mol. The topological polar surface area (TPSA) is 49.8 Å². The molecule has 1 aliphatic heterocycles. The van der Waals surface area contributed by atoms with Crippen LogP contribution in [0.15, 0.2) is 12.1 Å². The van der Waals surface area contributed by atoms with E-state index in [1.165, 1.54) is 30.4 Å². The summed E-state index contributed by atoms with van der Waals surface area (Å²) < 4.78 is 6.62. The number of rotatable bonds is 0. The van der Waals surface area contributed by atoms with Crippen molar-refractivity contribution < 1.29 is 14.6 Å². The third kappa shape index (κ3) is 2.90. The molecule has 2 fully saturated rings. The predicted molar refractivity (Wildman–Crippen MR) is 110 cm³/mol. The Labute approximate surface area is 169 Å². The first-order valence-corrected chi connectivity index (χ1v) is 10.8. The van der Waals surface area contributed by atoms with E-state index in [-0.39, 0.29) is 17.6 Å². The van der Waals surface area contributed by atoms with Gasteiger partial charge in [-0.3, -0.25) is 0 Å². The second-order valence-corrected chi connectivity index (χ2v) is 10.3. The number of likely N-dealkylation sites (tertiary alicyclic amines) is 1. The number of benzene rings is 1. The standard InChI is InChI=1S/C21H28INO3/c1-20(2,3)26-19(25)23-9-8-21-7-5-4-6-14(21)17(23)11-13-10-16(22)18(24)12-15(13)21/h10,12,14,17,24H,4-9,11H2,1-3H3/t14-,17+,21+/m1/s1. The van der Waals surface area contributed by atoms with E-state index in [0.717, 1.165) is 29.4 Å². The molecule has 0 radical (unpaired) electrons. The van der Waals surface area contributed by atoms with Crippen molar-refractivity contribution >= 4 is 28.7 Å². The van der Waals surface area contributed by atoms with Crippen LogP contribution in [0, 0.1) is 9.49 Å². The van der Waals surface area contributed by atoms with E-state index in [9.17, 15) is 9.90 Å². The van der Waals surface area contributed by atoms with Gasteiger partial charge in [0, 0.05) is 18.0 Å². The molecule has 1 saturated heterocycles. The van der Waals surface area contributed by atoms with Gasteiger partial charge in [-0.1, -0.05) is 12.8 Å². The molecule has 1 N–H and O–H groups in total. The summed E-state index contributed by atoms with van der Waals surface area (Å²) in [7, 11) is 0. The minimum Gasteiger partial charge on any atom is -0.507 e. The molecule has 0 spiro atoms. The number of hydrogen-bond acceptors (Lipinski definition) is 3. The third-order valence-electron chi connectivity index (χ3n) is 6.53. The fourth-order valence-corrected chi connectivity index (χ4v) is 6.10. The van der Waals surface area contributed by atoms with E-state index in [2.05, 4.69) is 28.7 Å². The molecule has 1 saturated carbocycles. The summed E-state index contributed by atoms with van der Waals surface area (Å²) in [5, 5.41) is 10.3. The highest BCUT2D eigenvalue weighted by Crippen LogP contribution is 2.56. The largest absolute Gasteiger partial charge is 0.507 e. The van der Waals surface area contributed by atoms with Gasteiger partial charge in [-0.25, -0.2) is 4.79 Å². The second kappa shape index (κ2) is 6.28. The molecule has 142 valence electrons. The lowest BCUT2D eigenvalue weighted by atomic mass is 9.52. The van der Waals surface area contributed by atoms with E-state index < -0.39 is 5.60 Å². The van der Waals surface area contributed by atoms with Crippen LogP contribution in [-0.2, 0) is 16.6 Å². The summed E-state index contributed by atoms with van der Waals surface area (Å²) in [4.78, 5) is 14.9. The maximum Gasteiger partial charge on any atom is 0.410 e. The molecule has 1 heterocycles. The first-order chi connectivity index (χ1) is 12.2. The molecule has 26 heavy (non-hydrogen) atoms. The van der Waals surface area contributed by atoms with Crippen LogP contribution in [0.4, 0.5) is 4.79 Å². The number of aromatic hydroxyl groups is 1. The minimum atomic E-state index is -0.466. The van der Waals surface area contributed by atoms with E-state index >= 15 is 0 Å². The number of hydrogen-bond donors (Lipinski definition) is 1. The normalized spacial score (nSPS) is 30.4.